The van der Waals surface area contributed by atoms with E-state index in [4.69, 9.17) is 4.98 Å². The van der Waals surface area contributed by atoms with Crippen molar-refractivity contribution in [3.05, 3.63) is 78.1 Å². The van der Waals surface area contributed by atoms with Crippen molar-refractivity contribution >= 4 is 43.2 Å². The molecule has 180 valence electrons. The van der Waals surface area contributed by atoms with Gasteiger partial charge in [0, 0.05) is 30.3 Å². The predicted molar refractivity (Wildman–Crippen MR) is 136 cm³/mol. The van der Waals surface area contributed by atoms with E-state index in [1.165, 1.54) is 22.0 Å². The van der Waals surface area contributed by atoms with E-state index in [1.807, 2.05) is 36.4 Å². The van der Waals surface area contributed by atoms with Crippen LogP contribution in [0.4, 0.5) is 10.1 Å². The smallest absolute Gasteiger partial charge is 0.243 e. The van der Waals surface area contributed by atoms with E-state index in [0.717, 1.165) is 32.9 Å². The van der Waals surface area contributed by atoms with Crippen molar-refractivity contribution < 1.29 is 17.6 Å². The fourth-order valence-corrected chi connectivity index (χ4v) is 6.75. The van der Waals surface area contributed by atoms with Gasteiger partial charge in [-0.15, -0.1) is 11.3 Å². The quantitative estimate of drug-likeness (QED) is 0.388. The summed E-state index contributed by atoms with van der Waals surface area (Å²) < 4.78 is 41.2. The van der Waals surface area contributed by atoms with E-state index in [-0.39, 0.29) is 29.8 Å². The van der Waals surface area contributed by atoms with Crippen LogP contribution in [0.15, 0.2) is 71.6 Å². The highest BCUT2D eigenvalue weighted by atomic mass is 32.2. The first-order valence-electron chi connectivity index (χ1n) is 11.3. The molecule has 1 N–H and O–H groups in total. The fourth-order valence-electron chi connectivity index (χ4n) is 4.21. The highest BCUT2D eigenvalue weighted by Crippen LogP contribution is 2.31. The maximum atomic E-state index is 13.1. The van der Waals surface area contributed by atoms with Crippen LogP contribution < -0.4 is 5.32 Å². The lowest BCUT2D eigenvalue weighted by molar-refractivity contribution is -0.120. The summed E-state index contributed by atoms with van der Waals surface area (Å²) >= 11 is 1.64. The Labute approximate surface area is 207 Å². The number of aryl methyl sites for hydroxylation is 1. The molecule has 1 amide bonds. The summed E-state index contributed by atoms with van der Waals surface area (Å²) in [6.45, 7) is 2.55. The summed E-state index contributed by atoms with van der Waals surface area (Å²) in [5, 5.41) is 3.88. The number of thiazole rings is 1. The summed E-state index contributed by atoms with van der Waals surface area (Å²) in [5.74, 6) is -0.878. The highest BCUT2D eigenvalue weighted by Gasteiger charge is 2.32. The topological polar surface area (TPSA) is 79.4 Å². The monoisotopic (exact) mass is 509 g/mol. The number of sulfonamides is 1. The number of benzene rings is 3. The number of aromatic nitrogens is 1. The molecule has 9 heteroatoms. The lowest BCUT2D eigenvalue weighted by Gasteiger charge is -2.30. The third kappa shape index (κ3) is 4.98. The molecule has 1 aromatic heterocycles. The molecule has 2 heterocycles. The van der Waals surface area contributed by atoms with Crippen LogP contribution in [-0.2, 0) is 14.8 Å². The van der Waals surface area contributed by atoms with Crippen molar-refractivity contribution in [2.45, 2.75) is 24.7 Å². The zero-order valence-electron chi connectivity index (χ0n) is 19.1. The Morgan fingerprint density at radius 1 is 1.03 bits per heavy atom. The molecule has 1 fully saturated rings. The van der Waals surface area contributed by atoms with Crippen molar-refractivity contribution in [2.75, 3.05) is 18.4 Å². The lowest BCUT2D eigenvalue weighted by Crippen LogP contribution is -2.41. The number of hydrogen-bond acceptors (Lipinski definition) is 5. The summed E-state index contributed by atoms with van der Waals surface area (Å²) in [6.07, 6.45) is 0.852. The van der Waals surface area contributed by atoms with Gasteiger partial charge in [0.05, 0.1) is 15.1 Å². The van der Waals surface area contributed by atoms with Crippen molar-refractivity contribution in [1.29, 1.82) is 0 Å². The zero-order valence-corrected chi connectivity index (χ0v) is 20.7. The number of anilines is 1. The first-order valence-corrected chi connectivity index (χ1v) is 13.6. The summed E-state index contributed by atoms with van der Waals surface area (Å²) in [4.78, 5) is 17.6. The Morgan fingerprint density at radius 3 is 2.40 bits per heavy atom. The standard InChI is InChI=1S/C26H24FN3O3S2/c1-17-2-11-23-24(16-17)34-26(29-23)19-3-7-21(8-4-19)28-25(31)18-12-14-30(15-13-18)35(32,33)22-9-5-20(27)6-10-22/h2-11,16,18H,12-15H2,1H3,(H,28,31). The maximum Gasteiger partial charge on any atom is 0.243 e. The summed E-state index contributed by atoms with van der Waals surface area (Å²) in [6, 6.07) is 18.6. The molecule has 0 bridgehead atoms. The van der Waals surface area contributed by atoms with E-state index < -0.39 is 15.8 Å². The van der Waals surface area contributed by atoms with E-state index >= 15 is 0 Å². The van der Waals surface area contributed by atoms with E-state index in [2.05, 4.69) is 18.3 Å². The summed E-state index contributed by atoms with van der Waals surface area (Å²) in [7, 11) is -3.70. The molecule has 0 spiro atoms. The SMILES string of the molecule is Cc1ccc2nc(-c3ccc(NC(=O)C4CCN(S(=O)(=O)c5ccc(F)cc5)CC4)cc3)sc2c1. The van der Waals surface area contributed by atoms with Crippen molar-refractivity contribution in [2.24, 2.45) is 5.92 Å². The van der Waals surface area contributed by atoms with Crippen LogP contribution in [0.2, 0.25) is 0 Å². The molecular weight excluding hydrogens is 485 g/mol. The molecule has 5 rings (SSSR count). The highest BCUT2D eigenvalue weighted by molar-refractivity contribution is 7.89. The average molecular weight is 510 g/mol. The van der Waals surface area contributed by atoms with Gasteiger partial charge < -0.3 is 5.32 Å². The Hall–Kier alpha value is -3.14. The Morgan fingerprint density at radius 2 is 1.71 bits per heavy atom. The van der Waals surface area contributed by atoms with E-state index in [9.17, 15) is 17.6 Å². The number of fused-ring (bicyclic) bond motifs is 1. The van der Waals surface area contributed by atoms with Gasteiger partial charge in [-0.2, -0.15) is 4.31 Å². The first kappa shape index (κ1) is 23.6. The molecule has 0 atom stereocenters. The van der Waals surface area contributed by atoms with E-state index in [1.54, 1.807) is 11.3 Å². The molecule has 0 saturated carbocycles. The number of carbonyl (C=O) groups excluding carboxylic acids is 1. The molecule has 3 aromatic carbocycles. The van der Waals surface area contributed by atoms with Crippen LogP contribution in [0.5, 0.6) is 0 Å². The number of nitrogens with zero attached hydrogens (tertiary/aromatic N) is 2. The van der Waals surface area contributed by atoms with Crippen molar-refractivity contribution in [3.8, 4) is 10.6 Å². The number of carbonyl (C=O) groups is 1. The molecule has 0 aliphatic carbocycles. The number of nitrogens with one attached hydrogen (secondary N) is 1. The van der Waals surface area contributed by atoms with Crippen molar-refractivity contribution in [3.63, 3.8) is 0 Å². The molecule has 0 radical (unpaired) electrons. The second kappa shape index (κ2) is 9.49. The van der Waals surface area contributed by atoms with Crippen molar-refractivity contribution in [1.82, 2.24) is 9.29 Å². The van der Waals surface area contributed by atoms with Gasteiger partial charge >= 0.3 is 0 Å². The van der Waals surface area contributed by atoms with Gasteiger partial charge in [-0.25, -0.2) is 17.8 Å². The molecule has 0 unspecified atom stereocenters. The minimum Gasteiger partial charge on any atom is -0.326 e. The minimum atomic E-state index is -3.70. The molecule has 1 aliphatic heterocycles. The van der Waals surface area contributed by atoms with Crippen LogP contribution in [-0.4, -0.2) is 36.7 Å². The lowest BCUT2D eigenvalue weighted by atomic mass is 9.97. The van der Waals surface area contributed by atoms with E-state index in [0.29, 0.717) is 18.5 Å². The average Bonchev–Trinajstić information content (AvgIpc) is 3.28. The van der Waals surface area contributed by atoms with Crippen LogP contribution in [0.1, 0.15) is 18.4 Å². The number of halogens is 1. The molecule has 1 aliphatic rings. The molecule has 6 nitrogen and oxygen atoms in total. The Bertz CT molecular complexity index is 1470. The second-order valence-electron chi connectivity index (χ2n) is 8.69. The largest absolute Gasteiger partial charge is 0.326 e. The van der Waals surface area contributed by atoms with Crippen LogP contribution in [0, 0.1) is 18.7 Å². The van der Waals surface area contributed by atoms with Crippen LogP contribution in [0.3, 0.4) is 0 Å². The fraction of sp³-hybridized carbons (Fsp3) is 0.231. The van der Waals surface area contributed by atoms with Gasteiger partial charge in [0.15, 0.2) is 0 Å². The van der Waals surface area contributed by atoms with Crippen LogP contribution in [0.25, 0.3) is 20.8 Å². The third-order valence-corrected chi connectivity index (χ3v) is 9.20. The van der Waals surface area contributed by atoms with Crippen LogP contribution >= 0.6 is 11.3 Å². The van der Waals surface area contributed by atoms with Gasteiger partial charge in [-0.05, 0) is 86.0 Å². The maximum absolute atomic E-state index is 13.1. The van der Waals surface area contributed by atoms with Gasteiger partial charge in [-0.1, -0.05) is 6.07 Å². The molecule has 1 saturated heterocycles. The third-order valence-electron chi connectivity index (χ3n) is 6.22. The van der Waals surface area contributed by atoms with Gasteiger partial charge in [0.2, 0.25) is 15.9 Å². The molecule has 35 heavy (non-hydrogen) atoms. The van der Waals surface area contributed by atoms with Gasteiger partial charge in [0.1, 0.15) is 10.8 Å². The molecule has 4 aromatic rings. The number of hydrogen-bond donors (Lipinski definition) is 1. The summed E-state index contributed by atoms with van der Waals surface area (Å²) in [5.41, 5.74) is 3.85. The number of amides is 1. The Balaban J connectivity index is 1.20. The van der Waals surface area contributed by atoms with Gasteiger partial charge in [0.25, 0.3) is 0 Å². The second-order valence-corrected chi connectivity index (χ2v) is 11.7. The first-order chi connectivity index (χ1) is 16.8. The molecular formula is C26H24FN3O3S2. The minimum absolute atomic E-state index is 0.0603. The number of piperidine rings is 1. The zero-order chi connectivity index (χ0) is 24.6. The predicted octanol–water partition coefficient (Wildman–Crippen LogP) is 5.45. The normalized spacial score (nSPS) is 15.4. The van der Waals surface area contributed by atoms with Gasteiger partial charge in [-0.3, -0.25) is 4.79 Å². The Kier molecular flexibility index (Phi) is 6.39. The number of rotatable bonds is 5.